The van der Waals surface area contributed by atoms with E-state index in [0.717, 1.165) is 5.57 Å². The molecule has 3 nitrogen and oxygen atoms in total. The predicted molar refractivity (Wildman–Crippen MR) is 57.2 cm³/mol. The third kappa shape index (κ3) is 2.46. The number of carbonyl (C=O) groups excluding carboxylic acids is 2. The van der Waals surface area contributed by atoms with Gasteiger partial charge in [-0.25, -0.2) is 0 Å². The molecular weight excluding hydrogens is 192 g/mol. The first-order valence-corrected chi connectivity index (χ1v) is 5.26. The van der Waals surface area contributed by atoms with Crippen LogP contribution in [0.2, 0.25) is 0 Å². The van der Waals surface area contributed by atoms with Crippen LogP contribution in [0.25, 0.3) is 0 Å². The van der Waals surface area contributed by atoms with Crippen molar-refractivity contribution in [2.45, 2.75) is 27.2 Å². The summed E-state index contributed by atoms with van der Waals surface area (Å²) >= 11 is 0. The Hall–Kier alpha value is -1.12. The van der Waals surface area contributed by atoms with Gasteiger partial charge >= 0.3 is 5.97 Å². The molecule has 0 saturated carbocycles. The van der Waals surface area contributed by atoms with Crippen molar-refractivity contribution in [1.82, 2.24) is 0 Å². The molecule has 0 aromatic rings. The largest absolute Gasteiger partial charge is 0.469 e. The van der Waals surface area contributed by atoms with Gasteiger partial charge in [-0.05, 0) is 24.8 Å². The number of hydrogen-bond donors (Lipinski definition) is 0. The lowest BCUT2D eigenvalue weighted by Crippen LogP contribution is -2.34. The van der Waals surface area contributed by atoms with Crippen LogP contribution < -0.4 is 0 Å². The zero-order valence-electron chi connectivity index (χ0n) is 9.74. The van der Waals surface area contributed by atoms with Crippen LogP contribution in [0.4, 0.5) is 0 Å². The van der Waals surface area contributed by atoms with Crippen LogP contribution in [-0.2, 0) is 14.3 Å². The van der Waals surface area contributed by atoms with Crippen molar-refractivity contribution in [2.24, 2.45) is 17.8 Å². The molecule has 0 bridgehead atoms. The summed E-state index contributed by atoms with van der Waals surface area (Å²) in [5, 5.41) is 0. The van der Waals surface area contributed by atoms with Gasteiger partial charge in [0.15, 0.2) is 5.78 Å². The molecule has 0 heterocycles. The van der Waals surface area contributed by atoms with Crippen LogP contribution in [0.15, 0.2) is 11.6 Å². The quantitative estimate of drug-likeness (QED) is 0.654. The van der Waals surface area contributed by atoms with Crippen molar-refractivity contribution in [3.63, 3.8) is 0 Å². The van der Waals surface area contributed by atoms with Gasteiger partial charge in [-0.15, -0.1) is 0 Å². The summed E-state index contributed by atoms with van der Waals surface area (Å²) in [6.07, 6.45) is 2.02. The molecule has 1 aliphatic carbocycles. The van der Waals surface area contributed by atoms with E-state index in [1.54, 1.807) is 6.08 Å². The van der Waals surface area contributed by atoms with E-state index in [-0.39, 0.29) is 23.6 Å². The van der Waals surface area contributed by atoms with Crippen molar-refractivity contribution in [1.29, 1.82) is 0 Å². The Labute approximate surface area is 90.5 Å². The molecule has 2 atom stereocenters. The van der Waals surface area contributed by atoms with Gasteiger partial charge in [0.05, 0.1) is 13.0 Å². The van der Waals surface area contributed by atoms with Gasteiger partial charge < -0.3 is 4.74 Å². The van der Waals surface area contributed by atoms with Crippen molar-refractivity contribution in [3.8, 4) is 0 Å². The molecule has 0 spiro atoms. The Morgan fingerprint density at radius 1 is 1.53 bits per heavy atom. The second kappa shape index (κ2) is 4.60. The van der Waals surface area contributed by atoms with Crippen molar-refractivity contribution < 1.29 is 14.3 Å². The molecule has 0 amide bonds. The summed E-state index contributed by atoms with van der Waals surface area (Å²) in [7, 11) is 1.39. The molecule has 0 aliphatic heterocycles. The van der Waals surface area contributed by atoms with Crippen LogP contribution in [0.3, 0.4) is 0 Å². The smallest absolute Gasteiger partial charge is 0.313 e. The molecule has 0 aromatic heterocycles. The molecule has 3 heteroatoms. The third-order valence-corrected chi connectivity index (χ3v) is 3.06. The highest BCUT2D eigenvalue weighted by atomic mass is 16.5. The Morgan fingerprint density at radius 3 is 2.60 bits per heavy atom. The first-order valence-electron chi connectivity index (χ1n) is 5.26. The number of carbonyl (C=O) groups is 2. The minimum absolute atomic E-state index is 0.0787. The molecule has 84 valence electrons. The molecule has 0 radical (unpaired) electrons. The Bertz CT molecular complexity index is 302. The Morgan fingerprint density at radius 2 is 2.13 bits per heavy atom. The molecule has 0 saturated heterocycles. The van der Waals surface area contributed by atoms with Crippen molar-refractivity contribution in [3.05, 3.63) is 11.6 Å². The molecule has 1 aliphatic rings. The Kier molecular flexibility index (Phi) is 3.66. The van der Waals surface area contributed by atoms with E-state index in [1.807, 2.05) is 20.8 Å². The highest BCUT2D eigenvalue weighted by molar-refractivity contribution is 5.94. The molecule has 1 rings (SSSR count). The molecule has 0 aromatic carbocycles. The first kappa shape index (κ1) is 12.0. The minimum atomic E-state index is -0.243. The van der Waals surface area contributed by atoms with Gasteiger partial charge in [0.2, 0.25) is 0 Å². The topological polar surface area (TPSA) is 43.4 Å². The second-order valence-corrected chi connectivity index (χ2v) is 4.47. The highest BCUT2D eigenvalue weighted by Crippen LogP contribution is 2.34. The summed E-state index contributed by atoms with van der Waals surface area (Å²) in [5.74, 6) is 0.0330. The maximum absolute atomic E-state index is 11.6. The maximum atomic E-state index is 11.6. The van der Waals surface area contributed by atoms with Crippen molar-refractivity contribution in [2.75, 3.05) is 7.11 Å². The average molecular weight is 210 g/mol. The van der Waals surface area contributed by atoms with Gasteiger partial charge in [-0.3, -0.25) is 9.59 Å². The van der Waals surface area contributed by atoms with E-state index in [2.05, 4.69) is 0 Å². The second-order valence-electron chi connectivity index (χ2n) is 4.47. The van der Waals surface area contributed by atoms with Crippen LogP contribution >= 0.6 is 0 Å². The molecule has 0 fully saturated rings. The number of allylic oxidation sites excluding steroid dienone is 1. The van der Waals surface area contributed by atoms with E-state index in [0.29, 0.717) is 12.3 Å². The third-order valence-electron chi connectivity index (χ3n) is 3.06. The average Bonchev–Trinajstić information content (AvgIpc) is 2.15. The Balaban J connectivity index is 3.00. The molecule has 15 heavy (non-hydrogen) atoms. The number of methoxy groups -OCH3 is 1. The summed E-state index contributed by atoms with van der Waals surface area (Å²) in [5.41, 5.74) is 0.830. The minimum Gasteiger partial charge on any atom is -0.469 e. The summed E-state index contributed by atoms with van der Waals surface area (Å²) in [4.78, 5) is 23.0. The van der Waals surface area contributed by atoms with Gasteiger partial charge in [-0.1, -0.05) is 19.4 Å². The number of hydrogen-bond acceptors (Lipinski definition) is 3. The van der Waals surface area contributed by atoms with E-state index in [4.69, 9.17) is 4.74 Å². The highest BCUT2D eigenvalue weighted by Gasteiger charge is 2.36. The van der Waals surface area contributed by atoms with E-state index >= 15 is 0 Å². The summed E-state index contributed by atoms with van der Waals surface area (Å²) < 4.78 is 4.78. The monoisotopic (exact) mass is 210 g/mol. The maximum Gasteiger partial charge on any atom is 0.313 e. The lowest BCUT2D eigenvalue weighted by molar-refractivity contribution is -0.147. The normalized spacial score (nSPS) is 26.5. The van der Waals surface area contributed by atoms with Crippen LogP contribution in [0.5, 0.6) is 0 Å². The lowest BCUT2D eigenvalue weighted by Gasteiger charge is -2.31. The van der Waals surface area contributed by atoms with E-state index in [1.165, 1.54) is 7.11 Å². The van der Waals surface area contributed by atoms with Gasteiger partial charge in [0.25, 0.3) is 0 Å². The zero-order chi connectivity index (χ0) is 11.6. The number of ketones is 1. The zero-order valence-corrected chi connectivity index (χ0v) is 9.74. The van der Waals surface area contributed by atoms with Gasteiger partial charge in [0.1, 0.15) is 0 Å². The molecular formula is C12H18O3. The molecule has 0 N–H and O–H groups in total. The van der Waals surface area contributed by atoms with Gasteiger partial charge in [-0.2, -0.15) is 0 Å². The first-order chi connectivity index (χ1) is 6.97. The SMILES string of the molecule is COC(=O)[C@@H]1C(C)=CC(=O)C[C@@H]1C(C)C. The summed E-state index contributed by atoms with van der Waals surface area (Å²) in [6.45, 7) is 5.90. The van der Waals surface area contributed by atoms with E-state index < -0.39 is 0 Å². The molecule has 0 unspecified atom stereocenters. The van der Waals surface area contributed by atoms with Crippen LogP contribution in [0.1, 0.15) is 27.2 Å². The predicted octanol–water partition coefficient (Wildman–Crippen LogP) is 1.97. The fourth-order valence-corrected chi connectivity index (χ4v) is 2.20. The standard InChI is InChI=1S/C12H18O3/c1-7(2)10-6-9(13)5-8(3)11(10)12(14)15-4/h5,7,10-11H,6H2,1-4H3/t10-,11-/m1/s1. The van der Waals surface area contributed by atoms with E-state index in [9.17, 15) is 9.59 Å². The van der Waals surface area contributed by atoms with Crippen molar-refractivity contribution >= 4 is 11.8 Å². The van der Waals surface area contributed by atoms with Gasteiger partial charge in [0, 0.05) is 6.42 Å². The fraction of sp³-hybridized carbons (Fsp3) is 0.667. The number of esters is 1. The van der Waals surface area contributed by atoms with Crippen LogP contribution in [-0.4, -0.2) is 18.9 Å². The van der Waals surface area contributed by atoms with Crippen LogP contribution in [0, 0.1) is 17.8 Å². The lowest BCUT2D eigenvalue weighted by atomic mass is 9.73. The number of ether oxygens (including phenoxy) is 1. The summed E-state index contributed by atoms with van der Waals surface area (Å²) in [6, 6.07) is 0. The number of rotatable bonds is 2. The fourth-order valence-electron chi connectivity index (χ4n) is 2.20.